The van der Waals surface area contributed by atoms with E-state index in [1.807, 2.05) is 0 Å². The number of hydrogen-bond donors (Lipinski definition) is 3. The average molecular weight is 658 g/mol. The number of rotatable bonds is 7. The standard InChI is InChI=1S/C29H27F8N7O2/c30-18-10-17(11-19(31)12-18)27(6-5-15-1-2-15)25(46)44(26(40)41-27)13-16-3-4-21(28(32,33)34)20(9-16)23(45)42-7-8-43(22(38)14-42)24(39)29(35,36)37/h3-4,9-12,15,38-39H,1-2,5-8,13-14H2,(H2,40,41). The molecule has 2 fully saturated rings. The van der Waals surface area contributed by atoms with Crippen molar-refractivity contribution in [1.29, 1.82) is 10.8 Å². The van der Waals surface area contributed by atoms with Crippen molar-refractivity contribution >= 4 is 29.4 Å². The lowest BCUT2D eigenvalue weighted by Crippen LogP contribution is -2.56. The number of guanidine groups is 1. The highest BCUT2D eigenvalue weighted by Gasteiger charge is 2.50. The molecule has 9 nitrogen and oxygen atoms in total. The van der Waals surface area contributed by atoms with Crippen molar-refractivity contribution in [3.05, 3.63) is 70.3 Å². The summed E-state index contributed by atoms with van der Waals surface area (Å²) in [6.45, 7) is -2.43. The van der Waals surface area contributed by atoms with Gasteiger partial charge in [0.15, 0.2) is 11.5 Å². The summed E-state index contributed by atoms with van der Waals surface area (Å²) in [6, 6.07) is 5.06. The van der Waals surface area contributed by atoms with Crippen molar-refractivity contribution in [2.75, 3.05) is 19.6 Å². The Kier molecular flexibility index (Phi) is 8.32. The van der Waals surface area contributed by atoms with Crippen LogP contribution in [0.3, 0.4) is 0 Å². The molecule has 2 heterocycles. The van der Waals surface area contributed by atoms with Gasteiger partial charge in [-0.1, -0.05) is 18.9 Å². The number of amidine groups is 2. The van der Waals surface area contributed by atoms with E-state index in [1.165, 1.54) is 0 Å². The first-order chi connectivity index (χ1) is 21.4. The molecule has 0 radical (unpaired) electrons. The fraction of sp³-hybridized carbons (Fsp3) is 0.414. The number of nitrogens with zero attached hydrogens (tertiary/aromatic N) is 4. The summed E-state index contributed by atoms with van der Waals surface area (Å²) in [7, 11) is 0. The van der Waals surface area contributed by atoms with E-state index in [0.29, 0.717) is 29.4 Å². The zero-order valence-corrected chi connectivity index (χ0v) is 23.9. The molecule has 246 valence electrons. The molecule has 46 heavy (non-hydrogen) atoms. The lowest BCUT2D eigenvalue weighted by Gasteiger charge is -2.37. The van der Waals surface area contributed by atoms with E-state index in [0.717, 1.165) is 46.9 Å². The number of nitrogens with two attached hydrogens (primary N) is 1. The first-order valence-corrected chi connectivity index (χ1v) is 14.0. The molecule has 1 aliphatic carbocycles. The predicted molar refractivity (Wildman–Crippen MR) is 148 cm³/mol. The summed E-state index contributed by atoms with van der Waals surface area (Å²) in [5.41, 5.74) is 2.00. The average Bonchev–Trinajstić information content (AvgIpc) is 3.76. The zero-order valence-electron chi connectivity index (χ0n) is 23.9. The molecule has 1 atom stereocenters. The van der Waals surface area contributed by atoms with Crippen LogP contribution in [0.15, 0.2) is 41.4 Å². The largest absolute Gasteiger partial charge is 0.449 e. The number of nitrogens with one attached hydrogen (secondary N) is 2. The number of halogens is 8. The molecule has 1 saturated carbocycles. The van der Waals surface area contributed by atoms with Gasteiger partial charge in [-0.05, 0) is 54.2 Å². The fourth-order valence-electron chi connectivity index (χ4n) is 5.63. The lowest BCUT2D eigenvalue weighted by atomic mass is 9.84. The third-order valence-electron chi connectivity index (χ3n) is 8.18. The summed E-state index contributed by atoms with van der Waals surface area (Å²) in [6.07, 6.45) is -7.72. The maximum atomic E-state index is 14.2. The van der Waals surface area contributed by atoms with Crippen molar-refractivity contribution in [3.8, 4) is 0 Å². The van der Waals surface area contributed by atoms with Crippen LogP contribution in [0.4, 0.5) is 35.1 Å². The van der Waals surface area contributed by atoms with Gasteiger partial charge in [-0.3, -0.25) is 25.3 Å². The van der Waals surface area contributed by atoms with Crippen LogP contribution in [-0.2, 0) is 23.1 Å². The molecule has 0 bridgehead atoms. The predicted octanol–water partition coefficient (Wildman–Crippen LogP) is 5.00. The summed E-state index contributed by atoms with van der Waals surface area (Å²) < 4.78 is 109. The second-order valence-corrected chi connectivity index (χ2v) is 11.4. The van der Waals surface area contributed by atoms with Crippen molar-refractivity contribution in [2.24, 2.45) is 16.6 Å². The Morgan fingerprint density at radius 3 is 2.24 bits per heavy atom. The van der Waals surface area contributed by atoms with Crippen LogP contribution in [0.1, 0.15) is 52.7 Å². The second-order valence-electron chi connectivity index (χ2n) is 11.4. The monoisotopic (exact) mass is 657 g/mol. The van der Waals surface area contributed by atoms with Gasteiger partial charge >= 0.3 is 12.4 Å². The molecule has 2 aliphatic heterocycles. The minimum atomic E-state index is -5.08. The maximum absolute atomic E-state index is 14.2. The lowest BCUT2D eigenvalue weighted by molar-refractivity contribution is -0.138. The van der Waals surface area contributed by atoms with Crippen molar-refractivity contribution in [1.82, 2.24) is 14.7 Å². The van der Waals surface area contributed by atoms with E-state index in [-0.39, 0.29) is 23.5 Å². The van der Waals surface area contributed by atoms with Crippen LogP contribution >= 0.6 is 0 Å². The van der Waals surface area contributed by atoms with E-state index in [4.69, 9.17) is 16.6 Å². The molecule has 2 amide bonds. The molecule has 1 saturated heterocycles. The molecule has 1 unspecified atom stereocenters. The second kappa shape index (κ2) is 11.7. The SMILES string of the molecule is N=C1CN(C(=O)c2cc(CN3C(=O)C(CCC4CC4)(c4cc(F)cc(F)c4)N=C3N)ccc2C(F)(F)F)CCN1C(=N)C(F)(F)F. The van der Waals surface area contributed by atoms with Gasteiger partial charge in [-0.2, -0.15) is 26.3 Å². The number of aliphatic imine (C=N–C) groups is 1. The van der Waals surface area contributed by atoms with Crippen LogP contribution in [-0.4, -0.2) is 70.0 Å². The first-order valence-electron chi connectivity index (χ1n) is 14.0. The topological polar surface area (TPSA) is 130 Å². The van der Waals surface area contributed by atoms with Gasteiger partial charge in [0, 0.05) is 19.2 Å². The molecule has 4 N–H and O–H groups in total. The maximum Gasteiger partial charge on any atom is 0.449 e. The number of amides is 2. The van der Waals surface area contributed by atoms with Crippen LogP contribution in [0.2, 0.25) is 0 Å². The molecular weight excluding hydrogens is 630 g/mol. The first kappa shape index (κ1) is 32.8. The normalized spacial score (nSPS) is 20.8. The van der Waals surface area contributed by atoms with Crippen molar-refractivity contribution in [3.63, 3.8) is 0 Å². The number of carbonyl (C=O) groups excluding carboxylic acids is 2. The fourth-order valence-corrected chi connectivity index (χ4v) is 5.63. The molecule has 5 rings (SSSR count). The smallest absolute Gasteiger partial charge is 0.369 e. The Labute approximate surface area is 256 Å². The molecule has 0 spiro atoms. The van der Waals surface area contributed by atoms with Crippen LogP contribution in [0.5, 0.6) is 0 Å². The Morgan fingerprint density at radius 2 is 1.67 bits per heavy atom. The third-order valence-corrected chi connectivity index (χ3v) is 8.18. The number of hydrogen-bond acceptors (Lipinski definition) is 6. The zero-order chi connectivity index (χ0) is 33.8. The van der Waals surface area contributed by atoms with Gasteiger partial charge in [0.25, 0.3) is 11.8 Å². The molecule has 2 aromatic rings. The van der Waals surface area contributed by atoms with Gasteiger partial charge in [-0.25, -0.2) is 13.8 Å². The van der Waals surface area contributed by atoms with E-state index < -0.39 is 90.3 Å². The van der Waals surface area contributed by atoms with E-state index >= 15 is 0 Å². The van der Waals surface area contributed by atoms with E-state index in [9.17, 15) is 44.7 Å². The summed E-state index contributed by atoms with van der Waals surface area (Å²) in [4.78, 5) is 33.6. The van der Waals surface area contributed by atoms with Gasteiger partial charge in [0.1, 0.15) is 17.5 Å². The number of piperazine rings is 1. The number of alkyl halides is 6. The van der Waals surface area contributed by atoms with Gasteiger partial charge < -0.3 is 15.5 Å². The van der Waals surface area contributed by atoms with Crippen molar-refractivity contribution in [2.45, 2.75) is 50.1 Å². The Bertz CT molecular complexity index is 1620. The number of benzene rings is 2. The van der Waals surface area contributed by atoms with Gasteiger partial charge in [0.2, 0.25) is 5.84 Å². The van der Waals surface area contributed by atoms with Crippen molar-refractivity contribution < 1.29 is 44.7 Å². The summed E-state index contributed by atoms with van der Waals surface area (Å²) in [5.74, 6) is -6.61. The number of carbonyl (C=O) groups is 2. The molecule has 0 aromatic heterocycles. The van der Waals surface area contributed by atoms with E-state index in [2.05, 4.69) is 4.99 Å². The van der Waals surface area contributed by atoms with E-state index in [1.54, 1.807) is 0 Å². The Morgan fingerprint density at radius 1 is 1.02 bits per heavy atom. The quantitative estimate of drug-likeness (QED) is 0.220. The highest BCUT2D eigenvalue weighted by molar-refractivity contribution is 6.07. The highest BCUT2D eigenvalue weighted by atomic mass is 19.4. The molecular formula is C29H27F8N7O2. The molecule has 17 heteroatoms. The summed E-state index contributed by atoms with van der Waals surface area (Å²) >= 11 is 0. The molecule has 3 aliphatic rings. The minimum absolute atomic E-state index is 0.00109. The van der Waals surface area contributed by atoms with Crippen LogP contribution in [0.25, 0.3) is 0 Å². The Hall–Kier alpha value is -4.57. The van der Waals surface area contributed by atoms with Crippen LogP contribution < -0.4 is 5.73 Å². The van der Waals surface area contributed by atoms with Gasteiger partial charge in [-0.15, -0.1) is 0 Å². The molecule has 2 aromatic carbocycles. The minimum Gasteiger partial charge on any atom is -0.369 e. The third kappa shape index (κ3) is 6.39. The Balaban J connectivity index is 1.43. The van der Waals surface area contributed by atoms with Crippen LogP contribution in [0, 0.1) is 28.4 Å². The van der Waals surface area contributed by atoms with Gasteiger partial charge in [0.05, 0.1) is 24.2 Å². The summed E-state index contributed by atoms with van der Waals surface area (Å²) in [5, 5.41) is 15.2. The highest BCUT2D eigenvalue weighted by Crippen LogP contribution is 2.43.